The maximum atomic E-state index is 13.3. The van der Waals surface area contributed by atoms with Crippen LogP contribution in [0.25, 0.3) is 22.3 Å². The van der Waals surface area contributed by atoms with Crippen molar-refractivity contribution >= 4 is 11.0 Å². The monoisotopic (exact) mass is 626 g/mol. The second-order valence-corrected chi connectivity index (χ2v) is 11.2. The number of ether oxygens (including phenoxy) is 5. The average molecular weight is 627 g/mol. The summed E-state index contributed by atoms with van der Waals surface area (Å²) in [6.07, 6.45) is 11.6. The lowest BCUT2D eigenvalue weighted by Gasteiger charge is -2.13. The van der Waals surface area contributed by atoms with Crippen LogP contribution >= 0.6 is 0 Å². The summed E-state index contributed by atoms with van der Waals surface area (Å²) in [7, 11) is 6.23. The third-order valence-electron chi connectivity index (χ3n) is 7.95. The Labute approximate surface area is 272 Å². The van der Waals surface area contributed by atoms with Gasteiger partial charge in [-0.2, -0.15) is 0 Å². The van der Waals surface area contributed by atoms with E-state index in [0.29, 0.717) is 57.5 Å². The predicted molar refractivity (Wildman–Crippen MR) is 183 cm³/mol. The molecule has 0 atom stereocenters. The van der Waals surface area contributed by atoms with Gasteiger partial charge in [0, 0.05) is 30.7 Å². The molecule has 7 heteroatoms. The molecule has 0 saturated heterocycles. The van der Waals surface area contributed by atoms with Gasteiger partial charge in [-0.15, -0.1) is 0 Å². The first kappa shape index (κ1) is 34.5. The zero-order chi connectivity index (χ0) is 32.6. The molecule has 0 unspecified atom stereocenters. The zero-order valence-corrected chi connectivity index (χ0v) is 27.6. The van der Waals surface area contributed by atoms with Gasteiger partial charge in [0.1, 0.15) is 28.0 Å². The number of unbranched alkanes of at least 4 members (excludes halogenated alkanes) is 9. The molecule has 1 aromatic heterocycles. The van der Waals surface area contributed by atoms with Gasteiger partial charge in [-0.3, -0.25) is 4.79 Å². The van der Waals surface area contributed by atoms with E-state index in [1.165, 1.54) is 57.3 Å². The molecule has 4 aromatic rings. The van der Waals surface area contributed by atoms with E-state index in [1.807, 2.05) is 24.3 Å². The predicted octanol–water partition coefficient (Wildman–Crippen LogP) is 8.96. The lowest BCUT2D eigenvalue weighted by Crippen LogP contribution is -2.05. The molecule has 0 spiro atoms. The number of rotatable bonds is 18. The van der Waals surface area contributed by atoms with Crippen LogP contribution in [0.15, 0.2) is 69.9 Å². The summed E-state index contributed by atoms with van der Waals surface area (Å²) in [5.41, 5.74) is 2.59. The zero-order valence-electron chi connectivity index (χ0n) is 27.6. The Morgan fingerprint density at radius 2 is 1.35 bits per heavy atom. The highest BCUT2D eigenvalue weighted by Gasteiger charge is 2.19. The first-order chi connectivity index (χ1) is 22.6. The van der Waals surface area contributed by atoms with Gasteiger partial charge in [0.05, 0.1) is 35.0 Å². The number of methoxy groups -OCH3 is 4. The van der Waals surface area contributed by atoms with Crippen LogP contribution in [-0.2, 0) is 11.3 Å². The van der Waals surface area contributed by atoms with Crippen molar-refractivity contribution < 1.29 is 28.1 Å². The van der Waals surface area contributed by atoms with Gasteiger partial charge < -0.3 is 28.1 Å². The van der Waals surface area contributed by atoms with Crippen LogP contribution in [0.2, 0.25) is 0 Å². The molecular weight excluding hydrogens is 580 g/mol. The maximum absolute atomic E-state index is 13.3. The van der Waals surface area contributed by atoms with Gasteiger partial charge in [-0.1, -0.05) is 87.1 Å². The molecule has 4 rings (SSSR count). The van der Waals surface area contributed by atoms with Crippen LogP contribution in [0.1, 0.15) is 75.3 Å². The Kier molecular flexibility index (Phi) is 13.9. The van der Waals surface area contributed by atoms with Crippen LogP contribution in [0.5, 0.6) is 23.0 Å². The Morgan fingerprint density at radius 1 is 0.674 bits per heavy atom. The fourth-order valence-corrected chi connectivity index (χ4v) is 5.45. The Morgan fingerprint density at radius 3 is 2.02 bits per heavy atom. The first-order valence-electron chi connectivity index (χ1n) is 16.1. The fourth-order valence-electron chi connectivity index (χ4n) is 5.45. The second kappa shape index (κ2) is 18.5. The standard InChI is InChI=1S/C39H46O7/c1-41-33-23-22-30(25-36(33)43-3)34-26-32(40)38-37(46-34)27-35(42-2)31(39(38)44-4)21-17-12-10-8-6-5-7-9-11-13-18-24-45-28-29-19-15-14-16-20-29/h14-16,19-20,22-23,25-27H,5-13,18,24,28H2,1-4H3. The van der Waals surface area contributed by atoms with Crippen molar-refractivity contribution in [1.29, 1.82) is 0 Å². The summed E-state index contributed by atoms with van der Waals surface area (Å²) in [5, 5.41) is 0.330. The maximum Gasteiger partial charge on any atom is 0.197 e. The average Bonchev–Trinajstić information content (AvgIpc) is 3.09. The first-order valence-corrected chi connectivity index (χ1v) is 16.1. The molecule has 0 fully saturated rings. The molecule has 0 aliphatic heterocycles. The van der Waals surface area contributed by atoms with E-state index in [2.05, 4.69) is 24.0 Å². The highest BCUT2D eigenvalue weighted by atomic mass is 16.5. The Balaban J connectivity index is 1.24. The van der Waals surface area contributed by atoms with E-state index in [9.17, 15) is 4.79 Å². The topological polar surface area (TPSA) is 76.4 Å². The second-order valence-electron chi connectivity index (χ2n) is 11.2. The molecule has 46 heavy (non-hydrogen) atoms. The van der Waals surface area contributed by atoms with E-state index in [-0.39, 0.29) is 5.43 Å². The summed E-state index contributed by atoms with van der Waals surface area (Å²) in [5.74, 6) is 8.84. The van der Waals surface area contributed by atoms with Crippen molar-refractivity contribution in [1.82, 2.24) is 0 Å². The van der Waals surface area contributed by atoms with Crippen molar-refractivity contribution in [2.45, 2.75) is 70.8 Å². The number of hydrogen-bond donors (Lipinski definition) is 0. The third-order valence-corrected chi connectivity index (χ3v) is 7.95. The smallest absolute Gasteiger partial charge is 0.197 e. The van der Waals surface area contributed by atoms with Gasteiger partial charge in [0.25, 0.3) is 0 Å². The number of fused-ring (bicyclic) bond motifs is 1. The Bertz CT molecular complexity index is 1650. The molecule has 0 N–H and O–H groups in total. The molecule has 0 aliphatic carbocycles. The minimum Gasteiger partial charge on any atom is -0.495 e. The lowest BCUT2D eigenvalue weighted by molar-refractivity contribution is 0.116. The van der Waals surface area contributed by atoms with Crippen molar-refractivity contribution in [3.05, 3.63) is 82.0 Å². The van der Waals surface area contributed by atoms with Gasteiger partial charge in [0.2, 0.25) is 0 Å². The van der Waals surface area contributed by atoms with Gasteiger partial charge >= 0.3 is 0 Å². The largest absolute Gasteiger partial charge is 0.495 e. The molecule has 0 radical (unpaired) electrons. The van der Waals surface area contributed by atoms with E-state index in [0.717, 1.165) is 32.3 Å². The van der Waals surface area contributed by atoms with Gasteiger partial charge in [0.15, 0.2) is 22.7 Å². The summed E-state index contributed by atoms with van der Waals surface area (Å²) in [6, 6.07) is 18.8. The van der Waals surface area contributed by atoms with Gasteiger partial charge in [-0.05, 0) is 36.6 Å². The van der Waals surface area contributed by atoms with Crippen LogP contribution in [0.3, 0.4) is 0 Å². The fraction of sp³-hybridized carbons (Fsp3) is 0.410. The van der Waals surface area contributed by atoms with Crippen molar-refractivity contribution in [3.8, 4) is 46.2 Å². The van der Waals surface area contributed by atoms with E-state index < -0.39 is 0 Å². The van der Waals surface area contributed by atoms with E-state index in [1.54, 1.807) is 39.5 Å². The molecular formula is C39H46O7. The van der Waals surface area contributed by atoms with Gasteiger partial charge in [-0.25, -0.2) is 0 Å². The highest BCUT2D eigenvalue weighted by molar-refractivity contribution is 5.90. The summed E-state index contributed by atoms with van der Waals surface area (Å²) >= 11 is 0. The van der Waals surface area contributed by atoms with Crippen LogP contribution < -0.4 is 24.4 Å². The molecule has 1 heterocycles. The van der Waals surface area contributed by atoms with Crippen LogP contribution in [-0.4, -0.2) is 35.0 Å². The highest BCUT2D eigenvalue weighted by Crippen LogP contribution is 2.38. The molecule has 0 saturated carbocycles. The summed E-state index contributed by atoms with van der Waals surface area (Å²) in [6.45, 7) is 1.54. The van der Waals surface area contributed by atoms with E-state index in [4.69, 9.17) is 28.1 Å². The minimum atomic E-state index is -0.232. The summed E-state index contributed by atoms with van der Waals surface area (Å²) < 4.78 is 34.0. The van der Waals surface area contributed by atoms with Crippen molar-refractivity contribution in [2.24, 2.45) is 0 Å². The third kappa shape index (κ3) is 9.55. The minimum absolute atomic E-state index is 0.232. The van der Waals surface area contributed by atoms with Crippen molar-refractivity contribution in [2.75, 3.05) is 35.0 Å². The quantitative estimate of drug-likeness (QED) is 0.0806. The molecule has 0 aliphatic rings. The number of hydrogen-bond acceptors (Lipinski definition) is 7. The van der Waals surface area contributed by atoms with E-state index >= 15 is 0 Å². The van der Waals surface area contributed by atoms with Crippen molar-refractivity contribution in [3.63, 3.8) is 0 Å². The SMILES string of the molecule is COc1ccc(-c2cc(=O)c3c(OC)c(C#CCCCCCCCCCCCOCc4ccccc4)c(OC)cc3o2)cc1OC. The van der Waals surface area contributed by atoms with Crippen LogP contribution in [0.4, 0.5) is 0 Å². The molecule has 7 nitrogen and oxygen atoms in total. The lowest BCUT2D eigenvalue weighted by atomic mass is 10.0. The normalized spacial score (nSPS) is 10.8. The summed E-state index contributed by atoms with van der Waals surface area (Å²) in [4.78, 5) is 13.3. The molecule has 0 amide bonds. The Hall–Kier alpha value is -4.41. The molecule has 3 aromatic carbocycles. The molecule has 244 valence electrons. The number of benzene rings is 3. The van der Waals surface area contributed by atoms with Crippen LogP contribution in [0, 0.1) is 11.8 Å². The molecule has 0 bridgehead atoms.